The molecule has 0 bridgehead atoms. The van der Waals surface area contributed by atoms with Crippen LogP contribution in [0.5, 0.6) is 28.7 Å². The summed E-state index contributed by atoms with van der Waals surface area (Å²) in [7, 11) is 0. The number of hydrogen-bond donors (Lipinski definition) is 0. The van der Waals surface area contributed by atoms with Gasteiger partial charge in [0.15, 0.2) is 5.78 Å². The van der Waals surface area contributed by atoms with E-state index < -0.39 is 0 Å². The van der Waals surface area contributed by atoms with E-state index in [4.69, 9.17) is 140 Å². The molecule has 0 aliphatic carbocycles. The lowest BCUT2D eigenvalue weighted by atomic mass is 10.0. The molecule has 0 saturated carbocycles. The predicted molar refractivity (Wildman–Crippen MR) is 479 cm³/mol. The number of fused-ring (bicyclic) bond motifs is 1. The van der Waals surface area contributed by atoms with Crippen molar-refractivity contribution in [2.75, 3.05) is 33.0 Å². The summed E-state index contributed by atoms with van der Waals surface area (Å²) in [5, 5.41) is 6.89. The zero-order valence-electron chi connectivity index (χ0n) is 65.0. The van der Waals surface area contributed by atoms with Gasteiger partial charge in [0.1, 0.15) is 28.7 Å². The van der Waals surface area contributed by atoms with Gasteiger partial charge in [-0.3, -0.25) is 9.78 Å². The number of para-hydroxylation sites is 1. The number of hydrogen-bond acceptors (Lipinski definition) is 10. The summed E-state index contributed by atoms with van der Waals surface area (Å²) in [6.07, 6.45) is 50.2. The maximum absolute atomic E-state index is 12.4. The second-order valence-corrected chi connectivity index (χ2v) is 31.1. The zero-order valence-corrected chi connectivity index (χ0v) is 72.5. The van der Waals surface area contributed by atoms with Crippen LogP contribution in [-0.2, 0) is 39.3 Å². The Morgan fingerprint density at radius 3 is 0.905 bits per heavy atom. The Kier molecular flexibility index (Phi) is 44.6. The van der Waals surface area contributed by atoms with Crippen molar-refractivity contribution >= 4 is 133 Å². The largest absolute Gasteiger partial charge is 0.492 e. The Balaban J connectivity index is 0.000000174. The minimum Gasteiger partial charge on any atom is -0.492 e. The predicted octanol–water partition coefficient (Wildman–Crippen LogP) is 27.5. The number of rotatable bonds is 41. The van der Waals surface area contributed by atoms with Crippen LogP contribution in [0.4, 0.5) is 0 Å². The summed E-state index contributed by atoms with van der Waals surface area (Å²) < 4.78 is 40.8. The van der Waals surface area contributed by atoms with Crippen LogP contribution in [0, 0.1) is 0 Å². The molecule has 7 heterocycles. The number of nitrogens with zero attached hydrogens (tertiary/aromatic N) is 10. The summed E-state index contributed by atoms with van der Waals surface area (Å²) in [6.45, 7) is 9.37. The summed E-state index contributed by atoms with van der Waals surface area (Å²) in [5.41, 5.74) is 1.68. The average molecular weight is 1770 g/mol. The number of carbonyl (C=O) groups is 1. The second-order valence-electron chi connectivity index (χ2n) is 26.8. The highest BCUT2D eigenvalue weighted by Crippen LogP contribution is 2.32. The first-order valence-electron chi connectivity index (χ1n) is 39.1. The zero-order chi connectivity index (χ0) is 82.0. The van der Waals surface area contributed by atoms with Crippen molar-refractivity contribution in [3.63, 3.8) is 0 Å². The standard InChI is InChI=1S/C18H18N2O.C16H20Cl2N2O.C16H19Cl2NO.C14H16Cl2N2O.C14H15Cl2NO.C12H12Cl2N2O/c21-18(9-3-4-12-20-13-5-6-14-20)16-10-11-19-17-8-2-1-7-15(16)17;17-14-6-7-16(15(18)12-14)21-11-5-3-1-2-4-9-20-10-8-19-13-20;17-14-7-8-16(15(18)13-14)20-12-6-2-1-3-9-19-10-4-5-11-19;15-12-4-5-14(13(16)10-12)19-9-3-1-2-7-18-8-6-17-11-18;15-12-5-6-14(13(16)11-12)18-10-4-3-9-17-7-1-2-8-17;13-10-2-3-12(11(14)8-10)17-7-1-5-16-6-4-15-9-16/h1-2,5-8,10-11,13-14H,3-4,9,12H2;6-8,10,12-13H,1-5,9,11H2;4-5,7-8,10-11,13H,1-3,6,9,12H2;4-6,8,10-11H,1-3,7,9H2;1-2,5-8,11H,3-4,9-10H2;2-4,6,8-9H,1,5,7H2. The fourth-order valence-corrected chi connectivity index (χ4v) is 13.9. The van der Waals surface area contributed by atoms with Crippen molar-refractivity contribution in [3.05, 3.63) is 313 Å². The summed E-state index contributed by atoms with van der Waals surface area (Å²) in [6, 6.07) is 48.2. The molecule has 116 heavy (non-hydrogen) atoms. The van der Waals surface area contributed by atoms with E-state index in [0.717, 1.165) is 120 Å². The van der Waals surface area contributed by atoms with E-state index in [0.29, 0.717) is 118 Å². The minimum atomic E-state index is 0.209. The quantitative estimate of drug-likeness (QED) is 0.0268. The SMILES string of the molecule is Clc1ccc(OCCCCCCCn2ccnc2)c(Cl)c1.Clc1ccc(OCCCCCCn2cccc2)c(Cl)c1.Clc1ccc(OCCCCCn2ccnc2)c(Cl)c1.Clc1ccc(OCCCCn2cccc2)c(Cl)c1.Clc1ccc(OCCCn2ccnc2)c(Cl)c1.O=C(CCCCn1cccc1)c1ccnc2ccccc12. The van der Waals surface area contributed by atoms with Crippen molar-refractivity contribution in [2.24, 2.45) is 0 Å². The lowest BCUT2D eigenvalue weighted by Gasteiger charge is -2.08. The summed E-state index contributed by atoms with van der Waals surface area (Å²) >= 11 is 59.2. The number of carbonyl (C=O) groups excluding carboxylic acids is 1. The monoisotopic (exact) mass is 1770 g/mol. The molecule has 16 nitrogen and oxygen atoms in total. The van der Waals surface area contributed by atoms with Gasteiger partial charge >= 0.3 is 0 Å². The van der Waals surface area contributed by atoms with Crippen LogP contribution in [0.1, 0.15) is 126 Å². The number of halogens is 10. The molecule has 0 fully saturated rings. The Hall–Kier alpha value is -8.23. The number of Topliss-reactive ketones (excluding diaryl/α,β-unsaturated/α-hetero) is 1. The Labute approximate surface area is 732 Å². The number of imidazole rings is 3. The van der Waals surface area contributed by atoms with Gasteiger partial charge in [-0.15, -0.1) is 0 Å². The van der Waals surface area contributed by atoms with E-state index in [-0.39, 0.29) is 5.78 Å². The molecule has 0 spiro atoms. The van der Waals surface area contributed by atoms with Crippen LogP contribution in [0.3, 0.4) is 0 Å². The van der Waals surface area contributed by atoms with E-state index in [9.17, 15) is 4.79 Å². The van der Waals surface area contributed by atoms with Gasteiger partial charge in [0.2, 0.25) is 0 Å². The van der Waals surface area contributed by atoms with Gasteiger partial charge in [-0.25, -0.2) is 15.0 Å². The Morgan fingerprint density at radius 1 is 0.276 bits per heavy atom. The number of pyridine rings is 1. The van der Waals surface area contributed by atoms with E-state index in [2.05, 4.69) is 92.1 Å². The summed E-state index contributed by atoms with van der Waals surface area (Å²) in [5.74, 6) is 3.69. The first kappa shape index (κ1) is 93.3. The van der Waals surface area contributed by atoms with Crippen molar-refractivity contribution < 1.29 is 28.5 Å². The molecule has 0 radical (unpaired) electrons. The molecular formula is C90H100Cl10N10O6. The van der Waals surface area contributed by atoms with E-state index >= 15 is 0 Å². The Morgan fingerprint density at radius 2 is 0.560 bits per heavy atom. The highest BCUT2D eigenvalue weighted by Gasteiger charge is 2.12. The van der Waals surface area contributed by atoms with Crippen LogP contribution < -0.4 is 23.7 Å². The molecule has 0 amide bonds. The number of aromatic nitrogens is 10. The third-order valence-electron chi connectivity index (χ3n) is 17.8. The number of ketones is 1. The van der Waals surface area contributed by atoms with E-state index in [1.165, 1.54) is 44.9 Å². The molecule has 0 N–H and O–H groups in total. The molecule has 0 saturated heterocycles. The lowest BCUT2D eigenvalue weighted by molar-refractivity contribution is 0.0980. The second kappa shape index (κ2) is 55.4. The number of ether oxygens (including phenoxy) is 5. The van der Waals surface area contributed by atoms with E-state index in [1.54, 1.807) is 104 Å². The lowest BCUT2D eigenvalue weighted by Crippen LogP contribution is -2.03. The average Bonchev–Trinajstić information content (AvgIpc) is 1.21. The van der Waals surface area contributed by atoms with Crippen molar-refractivity contribution in [2.45, 2.75) is 155 Å². The molecule has 0 atom stereocenters. The minimum absolute atomic E-state index is 0.209. The van der Waals surface area contributed by atoms with Crippen molar-refractivity contribution in [1.82, 2.24) is 47.3 Å². The molecule has 0 unspecified atom stereocenters. The molecule has 0 aliphatic heterocycles. The molecule has 26 heteroatoms. The highest BCUT2D eigenvalue weighted by molar-refractivity contribution is 6.37. The molecule has 13 rings (SSSR count). The molecule has 7 aromatic heterocycles. The van der Waals surface area contributed by atoms with Gasteiger partial charge in [0.05, 0.1) is 82.6 Å². The third kappa shape index (κ3) is 37.6. The van der Waals surface area contributed by atoms with Gasteiger partial charge in [0, 0.05) is 162 Å². The number of unbranched alkanes of at least 4 members (excludes halogenated alkanes) is 11. The third-order valence-corrected chi connectivity index (χ3v) is 20.4. The highest BCUT2D eigenvalue weighted by atomic mass is 35.5. The molecule has 616 valence electrons. The maximum Gasteiger partial charge on any atom is 0.163 e. The molecule has 13 aromatic rings. The fourth-order valence-electron chi connectivity index (χ4n) is 11.6. The first-order chi connectivity index (χ1) is 56.6. The molecule has 6 aromatic carbocycles. The number of benzene rings is 6. The van der Waals surface area contributed by atoms with E-state index in [1.807, 2.05) is 109 Å². The molecular weight excluding hydrogens is 1670 g/mol. The number of aryl methyl sites for hydroxylation is 6. The van der Waals surface area contributed by atoms with Gasteiger partial charge in [-0.2, -0.15) is 0 Å². The Bertz CT molecular complexity index is 4760. The first-order valence-corrected chi connectivity index (χ1v) is 42.9. The van der Waals surface area contributed by atoms with Gasteiger partial charge < -0.3 is 51.1 Å². The van der Waals surface area contributed by atoms with Crippen LogP contribution in [0.25, 0.3) is 10.9 Å². The van der Waals surface area contributed by atoms with Crippen LogP contribution in [-0.4, -0.2) is 86.2 Å². The maximum atomic E-state index is 12.4. The molecule has 0 aliphatic rings. The summed E-state index contributed by atoms with van der Waals surface area (Å²) in [4.78, 5) is 28.7. The normalized spacial score (nSPS) is 10.7. The van der Waals surface area contributed by atoms with Crippen LogP contribution >= 0.6 is 116 Å². The van der Waals surface area contributed by atoms with Crippen LogP contribution in [0.15, 0.2) is 257 Å². The van der Waals surface area contributed by atoms with Crippen molar-refractivity contribution in [3.8, 4) is 28.7 Å². The fraction of sp³-hybridized carbons (Fsp3) is 0.322. The van der Waals surface area contributed by atoms with Crippen LogP contribution in [0.2, 0.25) is 50.2 Å². The van der Waals surface area contributed by atoms with Gasteiger partial charge in [-0.1, -0.05) is 166 Å². The topological polar surface area (TPSA) is 144 Å². The van der Waals surface area contributed by atoms with Crippen molar-refractivity contribution in [1.29, 1.82) is 0 Å². The smallest absolute Gasteiger partial charge is 0.163 e. The van der Waals surface area contributed by atoms with Gasteiger partial charge in [-0.05, 0) is 217 Å². The van der Waals surface area contributed by atoms with Gasteiger partial charge in [0.25, 0.3) is 0 Å².